The lowest BCUT2D eigenvalue weighted by Gasteiger charge is -2.29. The number of benzene rings is 3. The molecule has 1 aliphatic rings. The molecule has 2 heterocycles. The number of aliphatic hydroxyl groups excluding tert-OH is 4. The zero-order valence-electron chi connectivity index (χ0n) is 30.1. The van der Waals surface area contributed by atoms with Gasteiger partial charge < -0.3 is 30.6 Å². The lowest BCUT2D eigenvalue weighted by molar-refractivity contribution is -0.356. The van der Waals surface area contributed by atoms with Gasteiger partial charge in [-0.1, -0.05) is 35.0 Å². The molecule has 5 rings (SSSR count). The third kappa shape index (κ3) is 11.3. The molecule has 2 amide bonds. The minimum atomic E-state index is -4.68. The molecule has 2 unspecified atom stereocenters. The number of nitrogens with one attached hydrogen (secondary N) is 2. The molecule has 1 aliphatic heterocycles. The van der Waals surface area contributed by atoms with Gasteiger partial charge in [0.25, 0.3) is 11.8 Å². The van der Waals surface area contributed by atoms with Gasteiger partial charge in [-0.05, 0) is 79.8 Å². The quantitative estimate of drug-likeness (QED) is 0.0545. The lowest BCUT2D eigenvalue weighted by atomic mass is 10.0. The first kappa shape index (κ1) is 42.2. The number of aliphatic hydroxyl groups is 4. The first-order chi connectivity index (χ1) is 26.7. The van der Waals surface area contributed by atoms with Crippen LogP contribution in [0.2, 0.25) is 5.02 Å². The molecule has 4 atom stereocenters. The second-order valence-corrected chi connectivity index (χ2v) is 13.5. The maximum Gasteiger partial charge on any atom is 0.417 e. The highest BCUT2D eigenvalue weighted by atomic mass is 35.5. The van der Waals surface area contributed by atoms with Crippen LogP contribution in [0.25, 0.3) is 0 Å². The number of hydrogen-bond donors (Lipinski definition) is 6. The van der Waals surface area contributed by atoms with Gasteiger partial charge in [0.05, 0.1) is 53.5 Å². The van der Waals surface area contributed by atoms with E-state index in [1.165, 1.54) is 17.7 Å². The normalized spacial score (nSPS) is 15.7. The smallest absolute Gasteiger partial charge is 0.393 e. The van der Waals surface area contributed by atoms with Crippen LogP contribution in [-0.2, 0) is 29.1 Å². The fourth-order valence-electron chi connectivity index (χ4n) is 5.80. The number of carbonyl (C=O) groups excluding carboxylic acids is 2. The predicted octanol–water partition coefficient (Wildman–Crippen LogP) is 3.92. The summed E-state index contributed by atoms with van der Waals surface area (Å²) in [6, 6.07) is 14.9. The summed E-state index contributed by atoms with van der Waals surface area (Å²) in [7, 11) is 0. The summed E-state index contributed by atoms with van der Waals surface area (Å²) in [6.07, 6.45) is -4.83. The van der Waals surface area contributed by atoms with Crippen LogP contribution in [0, 0.1) is 0 Å². The fraction of sp³-hybridized carbons (Fsp3) is 0.378. The van der Waals surface area contributed by atoms with Gasteiger partial charge in [0.1, 0.15) is 30.6 Å². The number of anilines is 2. The van der Waals surface area contributed by atoms with Gasteiger partial charge >= 0.3 is 6.18 Å². The Morgan fingerprint density at radius 2 is 1.79 bits per heavy atom. The molecule has 300 valence electrons. The highest BCUT2D eigenvalue weighted by Crippen LogP contribution is 2.35. The molecule has 1 saturated heterocycles. The minimum Gasteiger partial charge on any atom is -0.393 e. The predicted molar refractivity (Wildman–Crippen MR) is 198 cm³/mol. The number of hydrazone groups is 1. The standard InChI is InChI=1S/C37H41ClF3N7O8/c1-22(50)33(51)34(52)32(20-49)56-55-21-26-19-48(46-44-26)18-24-6-5-7-25(14-24)35(53)43-31-11-9-27(47-12-3-2-4-13-47)16-28(31)36(54)45-42-17-23-8-10-30(38)29(15-23)37(39,40)41/h5-11,14-17,19,22,32-34,49-52H,2-4,12-13,18,20-21H2,1H3,(H,43,53)(H,45,54)/b42-17+/t22-,32?,33?,34+/m1/s1. The number of alkyl halides is 3. The van der Waals surface area contributed by atoms with Crippen molar-refractivity contribution < 1.29 is 53.0 Å². The number of piperidine rings is 1. The third-order valence-electron chi connectivity index (χ3n) is 8.82. The second-order valence-electron chi connectivity index (χ2n) is 13.1. The first-order valence-electron chi connectivity index (χ1n) is 17.5. The van der Waals surface area contributed by atoms with Gasteiger partial charge in [0.15, 0.2) is 0 Å². The van der Waals surface area contributed by atoms with Crippen molar-refractivity contribution in [3.05, 3.63) is 105 Å². The number of nitrogens with zero attached hydrogens (tertiary/aromatic N) is 5. The van der Waals surface area contributed by atoms with Crippen molar-refractivity contribution in [2.45, 2.75) is 69.9 Å². The third-order valence-corrected chi connectivity index (χ3v) is 9.15. The molecule has 3 aromatic carbocycles. The largest absolute Gasteiger partial charge is 0.417 e. The van der Waals surface area contributed by atoms with E-state index in [1.807, 2.05) is 0 Å². The van der Waals surface area contributed by atoms with E-state index in [-0.39, 0.29) is 35.5 Å². The van der Waals surface area contributed by atoms with E-state index in [4.69, 9.17) is 21.4 Å². The molecule has 19 heteroatoms. The van der Waals surface area contributed by atoms with Crippen LogP contribution in [0.5, 0.6) is 0 Å². The van der Waals surface area contributed by atoms with Crippen LogP contribution < -0.4 is 15.6 Å². The van der Waals surface area contributed by atoms with Gasteiger partial charge in [-0.3, -0.25) is 9.59 Å². The second kappa shape index (κ2) is 19.3. The SMILES string of the molecule is C[C@@H](O)C(O)[C@@H](O)C(CO)OOCc1cn(Cc2cccc(C(=O)Nc3ccc(N4CCCCC4)cc3C(=O)N/N=C/c3ccc(Cl)c(C(F)(F)F)c3)c2)nn1. The summed E-state index contributed by atoms with van der Waals surface area (Å²) in [5.41, 5.74) is 3.65. The van der Waals surface area contributed by atoms with Crippen molar-refractivity contribution in [2.75, 3.05) is 29.9 Å². The van der Waals surface area contributed by atoms with Crippen LogP contribution in [0.1, 0.15) is 69.3 Å². The average molecular weight is 804 g/mol. The molecule has 0 spiro atoms. The zero-order chi connectivity index (χ0) is 40.4. The first-order valence-corrected chi connectivity index (χ1v) is 17.9. The van der Waals surface area contributed by atoms with Gasteiger partial charge in [0.2, 0.25) is 0 Å². The molecule has 0 radical (unpaired) electrons. The number of halogens is 4. The monoisotopic (exact) mass is 803 g/mol. The number of hydrogen-bond acceptors (Lipinski definition) is 12. The van der Waals surface area contributed by atoms with Crippen LogP contribution in [0.4, 0.5) is 24.5 Å². The van der Waals surface area contributed by atoms with Crippen molar-refractivity contribution in [1.82, 2.24) is 20.4 Å². The van der Waals surface area contributed by atoms with Crippen LogP contribution in [0.15, 0.2) is 72.0 Å². The molecule has 1 aromatic heterocycles. The molecule has 0 aliphatic carbocycles. The van der Waals surface area contributed by atoms with Crippen molar-refractivity contribution in [3.63, 3.8) is 0 Å². The van der Waals surface area contributed by atoms with Crippen molar-refractivity contribution >= 4 is 41.0 Å². The number of amides is 2. The summed E-state index contributed by atoms with van der Waals surface area (Å²) in [5, 5.41) is 53.0. The zero-order valence-corrected chi connectivity index (χ0v) is 30.8. The molecule has 0 bridgehead atoms. The summed E-state index contributed by atoms with van der Waals surface area (Å²) >= 11 is 5.71. The van der Waals surface area contributed by atoms with E-state index in [1.54, 1.807) is 48.7 Å². The maximum absolute atomic E-state index is 13.5. The summed E-state index contributed by atoms with van der Waals surface area (Å²) in [6.45, 7) is 2.11. The van der Waals surface area contributed by atoms with E-state index in [9.17, 15) is 43.2 Å². The molecular weight excluding hydrogens is 763 g/mol. The molecule has 4 aromatic rings. The Balaban J connectivity index is 1.25. The average Bonchev–Trinajstić information content (AvgIpc) is 3.63. The molecule has 15 nitrogen and oxygen atoms in total. The lowest BCUT2D eigenvalue weighted by Crippen LogP contribution is -2.46. The molecular formula is C37H41ClF3N7O8. The van der Waals surface area contributed by atoms with Crippen LogP contribution in [-0.4, -0.2) is 97.6 Å². The minimum absolute atomic E-state index is 0.0560. The highest BCUT2D eigenvalue weighted by molar-refractivity contribution is 6.31. The Morgan fingerprint density at radius 1 is 1.02 bits per heavy atom. The Kier molecular flexibility index (Phi) is 14.5. The number of carbonyl (C=O) groups is 2. The summed E-state index contributed by atoms with van der Waals surface area (Å²) < 4.78 is 41.5. The van der Waals surface area contributed by atoms with Crippen molar-refractivity contribution in [1.29, 1.82) is 0 Å². The van der Waals surface area contributed by atoms with E-state index >= 15 is 0 Å². The van der Waals surface area contributed by atoms with Crippen LogP contribution >= 0.6 is 11.6 Å². The molecule has 56 heavy (non-hydrogen) atoms. The molecule has 0 saturated carbocycles. The molecule has 1 fully saturated rings. The Bertz CT molecular complexity index is 1990. The Morgan fingerprint density at radius 3 is 2.50 bits per heavy atom. The van der Waals surface area contributed by atoms with Crippen LogP contribution in [0.3, 0.4) is 0 Å². The Hall–Kier alpha value is -4.95. The maximum atomic E-state index is 13.5. The van der Waals surface area contributed by atoms with E-state index < -0.39 is 59.6 Å². The number of aromatic nitrogens is 3. The van der Waals surface area contributed by atoms with E-state index in [2.05, 4.69) is 31.1 Å². The van der Waals surface area contributed by atoms with E-state index in [0.717, 1.165) is 56.4 Å². The number of rotatable bonds is 16. The van der Waals surface area contributed by atoms with Crippen molar-refractivity contribution in [2.24, 2.45) is 5.10 Å². The Labute approximate surface area is 324 Å². The van der Waals surface area contributed by atoms with Gasteiger partial charge in [0, 0.05) is 24.3 Å². The fourth-order valence-corrected chi connectivity index (χ4v) is 6.03. The summed E-state index contributed by atoms with van der Waals surface area (Å²) in [5.74, 6) is -1.23. The molecule has 6 N–H and O–H groups in total. The van der Waals surface area contributed by atoms with Gasteiger partial charge in [-0.25, -0.2) is 19.9 Å². The topological polar surface area (TPSA) is 204 Å². The van der Waals surface area contributed by atoms with Gasteiger partial charge in [-0.2, -0.15) is 18.3 Å². The van der Waals surface area contributed by atoms with E-state index in [0.29, 0.717) is 11.3 Å². The summed E-state index contributed by atoms with van der Waals surface area (Å²) in [4.78, 5) is 39.2. The highest BCUT2D eigenvalue weighted by Gasteiger charge is 2.33. The van der Waals surface area contributed by atoms with Gasteiger partial charge in [-0.15, -0.1) is 5.10 Å². The van der Waals surface area contributed by atoms with Crippen molar-refractivity contribution in [3.8, 4) is 0 Å².